The van der Waals surface area contributed by atoms with Gasteiger partial charge in [0.15, 0.2) is 0 Å². The van der Waals surface area contributed by atoms with Crippen LogP contribution in [-0.2, 0) is 12.8 Å². The highest BCUT2D eigenvalue weighted by molar-refractivity contribution is 7.01. The zero-order valence-corrected chi connectivity index (χ0v) is 17.6. The molecular weight excluding hydrogens is 363 g/mol. The van der Waals surface area contributed by atoms with Crippen LogP contribution in [0, 0.1) is 0 Å². The van der Waals surface area contributed by atoms with Gasteiger partial charge in [-0.25, -0.2) is 0 Å². The molecule has 2 aromatic rings. The summed E-state index contributed by atoms with van der Waals surface area (Å²) in [6, 6.07) is 13.3. The predicted molar refractivity (Wildman–Crippen MR) is 114 cm³/mol. The van der Waals surface area contributed by atoms with E-state index in [9.17, 15) is 0 Å². The summed E-state index contributed by atoms with van der Waals surface area (Å²) < 4.78 is 0. The third kappa shape index (κ3) is 2.48. The van der Waals surface area contributed by atoms with Crippen LogP contribution in [0.2, 0.25) is 13.1 Å². The normalized spacial score (nSPS) is 16.6. The Morgan fingerprint density at radius 1 is 0.720 bits per heavy atom. The van der Waals surface area contributed by atoms with Crippen LogP contribution in [-0.4, -0.2) is 8.07 Å². The molecule has 0 fully saturated rings. The lowest BCUT2D eigenvalue weighted by Gasteiger charge is -2.29. The van der Waals surface area contributed by atoms with Gasteiger partial charge in [-0.05, 0) is 60.1 Å². The molecule has 128 valence electrons. The van der Waals surface area contributed by atoms with E-state index in [4.69, 9.17) is 23.2 Å². The van der Waals surface area contributed by atoms with Crippen molar-refractivity contribution in [1.29, 1.82) is 0 Å². The third-order valence-electron chi connectivity index (χ3n) is 5.80. The average Bonchev–Trinajstić information content (AvgIpc) is 3.04. The Labute approximate surface area is 161 Å². The Hall–Kier alpha value is -1.28. The minimum absolute atomic E-state index is 0.945. The Balaban J connectivity index is 1.88. The van der Waals surface area contributed by atoms with Gasteiger partial charge in [0.05, 0.1) is 0 Å². The molecule has 0 aromatic heterocycles. The first-order valence-electron chi connectivity index (χ1n) is 8.78. The van der Waals surface area contributed by atoms with Gasteiger partial charge < -0.3 is 0 Å². The number of allylic oxidation sites excluding steroid dienone is 2. The monoisotopic (exact) mass is 384 g/mol. The first kappa shape index (κ1) is 17.1. The standard InChI is InChI=1S/C22H22Cl2Si/c1-13-11-17-15(21(13)23)7-5-9-19(17)25(3,4)20-10-6-8-16-18(20)12-14(2)22(16)24/h5-10H,11-12H2,1-4H3. The molecule has 3 heteroatoms. The van der Waals surface area contributed by atoms with Crippen LogP contribution in [0.3, 0.4) is 0 Å². The zero-order chi connectivity index (χ0) is 17.9. The lowest BCUT2D eigenvalue weighted by atomic mass is 10.1. The second kappa shape index (κ2) is 5.87. The fourth-order valence-corrected chi connectivity index (χ4v) is 8.19. The van der Waals surface area contributed by atoms with Crippen LogP contribution in [0.5, 0.6) is 0 Å². The summed E-state index contributed by atoms with van der Waals surface area (Å²) in [6.45, 7) is 9.21. The van der Waals surface area contributed by atoms with Crippen LogP contribution in [0.1, 0.15) is 36.1 Å². The van der Waals surface area contributed by atoms with Crippen LogP contribution in [0.15, 0.2) is 47.5 Å². The maximum absolute atomic E-state index is 6.56. The van der Waals surface area contributed by atoms with Gasteiger partial charge in [0.2, 0.25) is 0 Å². The van der Waals surface area contributed by atoms with Crippen molar-refractivity contribution in [2.75, 3.05) is 0 Å². The molecule has 0 amide bonds. The van der Waals surface area contributed by atoms with Crippen LogP contribution in [0.4, 0.5) is 0 Å². The summed E-state index contributed by atoms with van der Waals surface area (Å²) in [5, 5.41) is 4.91. The minimum atomic E-state index is -1.86. The van der Waals surface area contributed by atoms with Crippen LogP contribution < -0.4 is 10.4 Å². The number of hydrogen-bond donors (Lipinski definition) is 0. The van der Waals surface area contributed by atoms with E-state index in [1.54, 1.807) is 0 Å². The van der Waals surface area contributed by atoms with Crippen molar-refractivity contribution in [3.8, 4) is 0 Å². The van der Waals surface area contributed by atoms with Gasteiger partial charge in [-0.15, -0.1) is 0 Å². The summed E-state index contributed by atoms with van der Waals surface area (Å²) in [4.78, 5) is 0. The van der Waals surface area contributed by atoms with Gasteiger partial charge in [0, 0.05) is 10.1 Å². The van der Waals surface area contributed by atoms with E-state index in [2.05, 4.69) is 63.3 Å². The molecule has 0 saturated heterocycles. The topological polar surface area (TPSA) is 0 Å². The molecule has 2 aliphatic rings. The Bertz CT molecular complexity index is 886. The first-order valence-corrected chi connectivity index (χ1v) is 12.5. The van der Waals surface area contributed by atoms with E-state index in [0.717, 1.165) is 22.9 Å². The highest BCUT2D eigenvalue weighted by Gasteiger charge is 2.35. The number of benzene rings is 2. The molecular formula is C22H22Cl2Si. The molecule has 0 nitrogen and oxygen atoms in total. The molecule has 0 heterocycles. The van der Waals surface area contributed by atoms with Crippen molar-refractivity contribution < 1.29 is 0 Å². The largest absolute Gasteiger partial charge is 0.113 e. The molecule has 0 aliphatic heterocycles. The van der Waals surface area contributed by atoms with Gasteiger partial charge >= 0.3 is 0 Å². The van der Waals surface area contributed by atoms with Crippen LogP contribution >= 0.6 is 23.2 Å². The number of rotatable bonds is 2. The number of halogens is 2. The van der Waals surface area contributed by atoms with Crippen molar-refractivity contribution in [2.45, 2.75) is 39.8 Å². The Kier molecular flexibility index (Phi) is 4.03. The summed E-state index contributed by atoms with van der Waals surface area (Å²) in [7, 11) is -1.86. The van der Waals surface area contributed by atoms with Crippen molar-refractivity contribution >= 4 is 51.7 Å². The molecule has 0 saturated carbocycles. The number of fused-ring (bicyclic) bond motifs is 2. The first-order chi connectivity index (χ1) is 11.8. The van der Waals surface area contributed by atoms with Crippen molar-refractivity contribution in [3.05, 3.63) is 69.8 Å². The minimum Gasteiger partial charge on any atom is -0.0837 e. The Morgan fingerprint density at radius 3 is 1.52 bits per heavy atom. The van der Waals surface area contributed by atoms with E-state index in [0.29, 0.717) is 0 Å². The van der Waals surface area contributed by atoms with Gasteiger partial charge in [-0.1, -0.05) is 83.1 Å². The predicted octanol–water partition coefficient (Wildman–Crippen LogP) is 5.56. The molecule has 25 heavy (non-hydrogen) atoms. The fraction of sp³-hybridized carbons (Fsp3) is 0.273. The van der Waals surface area contributed by atoms with E-state index in [1.807, 2.05) is 0 Å². The van der Waals surface area contributed by atoms with Gasteiger partial charge in [-0.3, -0.25) is 0 Å². The van der Waals surface area contributed by atoms with Crippen LogP contribution in [0.25, 0.3) is 10.1 Å². The molecule has 2 aliphatic carbocycles. The fourth-order valence-electron chi connectivity index (χ4n) is 4.43. The second-order valence-corrected chi connectivity index (χ2v) is 12.9. The zero-order valence-electron chi connectivity index (χ0n) is 15.1. The quantitative estimate of drug-likeness (QED) is 0.594. The van der Waals surface area contributed by atoms with E-state index in [1.165, 1.54) is 43.8 Å². The summed E-state index contributed by atoms with van der Waals surface area (Å²) in [6.07, 6.45) is 1.96. The van der Waals surface area contributed by atoms with E-state index in [-0.39, 0.29) is 0 Å². The maximum atomic E-state index is 6.56. The average molecular weight is 385 g/mol. The molecule has 4 rings (SSSR count). The van der Waals surface area contributed by atoms with Gasteiger partial charge in [-0.2, -0.15) is 0 Å². The highest BCUT2D eigenvalue weighted by atomic mass is 35.5. The van der Waals surface area contributed by atoms with Crippen molar-refractivity contribution in [1.82, 2.24) is 0 Å². The van der Waals surface area contributed by atoms with E-state index >= 15 is 0 Å². The third-order valence-corrected chi connectivity index (χ3v) is 10.5. The molecule has 0 bridgehead atoms. The maximum Gasteiger partial charge on any atom is 0.113 e. The molecule has 0 spiro atoms. The van der Waals surface area contributed by atoms with Gasteiger partial charge in [0.25, 0.3) is 0 Å². The van der Waals surface area contributed by atoms with E-state index < -0.39 is 8.07 Å². The smallest absolute Gasteiger partial charge is 0.0837 e. The lowest BCUT2D eigenvalue weighted by molar-refractivity contribution is 1.20. The second-order valence-electron chi connectivity index (χ2n) is 7.83. The van der Waals surface area contributed by atoms with Gasteiger partial charge in [0.1, 0.15) is 8.07 Å². The SMILES string of the molecule is CC1=C(Cl)c2cccc([Si](C)(C)c3cccc4c3CC(C)=C4Cl)c2C1. The molecule has 0 N–H and O–H groups in total. The Morgan fingerprint density at radius 2 is 1.12 bits per heavy atom. The molecule has 0 radical (unpaired) electrons. The summed E-state index contributed by atoms with van der Waals surface area (Å²) >= 11 is 13.1. The summed E-state index contributed by atoms with van der Waals surface area (Å²) in [5.41, 5.74) is 7.91. The molecule has 0 atom stereocenters. The number of hydrogen-bond acceptors (Lipinski definition) is 0. The van der Waals surface area contributed by atoms with Crippen molar-refractivity contribution in [2.24, 2.45) is 0 Å². The van der Waals surface area contributed by atoms with Crippen molar-refractivity contribution in [3.63, 3.8) is 0 Å². The highest BCUT2D eigenvalue weighted by Crippen LogP contribution is 2.37. The molecule has 0 unspecified atom stereocenters. The molecule has 2 aromatic carbocycles. The summed E-state index contributed by atoms with van der Waals surface area (Å²) in [5.74, 6) is 0. The lowest BCUT2D eigenvalue weighted by Crippen LogP contribution is -2.55.